The van der Waals surface area contributed by atoms with Gasteiger partial charge in [0.2, 0.25) is 0 Å². The minimum Gasteiger partial charge on any atom is -0.457 e. The molecule has 4 heteroatoms. The normalized spacial score (nSPS) is 14.3. The fourth-order valence-corrected chi connectivity index (χ4v) is 10.0. The summed E-state index contributed by atoms with van der Waals surface area (Å²) in [5, 5.41) is 0. The molecular weight excluding hydrogens is 719 g/mol. The van der Waals surface area contributed by atoms with Crippen LogP contribution < -0.4 is 4.74 Å². The minimum atomic E-state index is -0.481. The topological polar surface area (TPSA) is 47.9 Å². The van der Waals surface area contributed by atoms with E-state index in [-0.39, 0.29) is 5.41 Å². The molecule has 0 saturated heterocycles. The monoisotopic (exact) mass is 755 g/mol. The van der Waals surface area contributed by atoms with Crippen LogP contribution in [0.4, 0.5) is 0 Å². The van der Waals surface area contributed by atoms with Crippen LogP contribution in [-0.2, 0) is 10.8 Å². The molecule has 8 aromatic carbocycles. The Kier molecular flexibility index (Phi) is 7.16. The number of hydrogen-bond acceptors (Lipinski definition) is 4. The van der Waals surface area contributed by atoms with E-state index in [0.29, 0.717) is 17.5 Å². The van der Waals surface area contributed by atoms with Crippen LogP contribution in [0.2, 0.25) is 0 Å². The van der Waals surface area contributed by atoms with Crippen LogP contribution in [0.3, 0.4) is 0 Å². The van der Waals surface area contributed by atoms with Crippen molar-refractivity contribution in [3.8, 4) is 79.0 Å². The van der Waals surface area contributed by atoms with Gasteiger partial charge in [-0.1, -0.05) is 184 Å². The van der Waals surface area contributed by atoms with E-state index >= 15 is 0 Å². The molecule has 0 bridgehead atoms. The molecule has 2 aliphatic carbocycles. The molecule has 59 heavy (non-hydrogen) atoms. The van der Waals surface area contributed by atoms with Crippen molar-refractivity contribution in [2.24, 2.45) is 0 Å². The van der Waals surface area contributed by atoms with Crippen molar-refractivity contribution >= 4 is 0 Å². The fourth-order valence-electron chi connectivity index (χ4n) is 10.0. The van der Waals surface area contributed by atoms with Gasteiger partial charge >= 0.3 is 0 Å². The van der Waals surface area contributed by atoms with Crippen molar-refractivity contribution in [3.05, 3.63) is 221 Å². The Morgan fingerprint density at radius 3 is 1.46 bits per heavy atom. The summed E-state index contributed by atoms with van der Waals surface area (Å²) in [5.74, 6) is 3.69. The van der Waals surface area contributed by atoms with Crippen LogP contribution in [0, 0.1) is 0 Å². The van der Waals surface area contributed by atoms with Gasteiger partial charge in [0.25, 0.3) is 0 Å². The van der Waals surface area contributed by atoms with Gasteiger partial charge in [-0.15, -0.1) is 0 Å². The van der Waals surface area contributed by atoms with E-state index in [1.54, 1.807) is 0 Å². The van der Waals surface area contributed by atoms with E-state index in [0.717, 1.165) is 44.9 Å². The number of para-hydroxylation sites is 1. The Labute approximate surface area is 343 Å². The summed E-state index contributed by atoms with van der Waals surface area (Å²) < 4.78 is 6.79. The first-order valence-corrected chi connectivity index (χ1v) is 20.3. The van der Waals surface area contributed by atoms with Crippen molar-refractivity contribution < 1.29 is 4.74 Å². The quantitative estimate of drug-likeness (QED) is 0.179. The van der Waals surface area contributed by atoms with E-state index in [9.17, 15) is 0 Å². The second-order valence-corrected chi connectivity index (χ2v) is 16.3. The third kappa shape index (κ3) is 4.87. The van der Waals surface area contributed by atoms with Gasteiger partial charge in [0.1, 0.15) is 11.5 Å². The Balaban J connectivity index is 0.947. The number of rotatable bonds is 4. The lowest BCUT2D eigenvalue weighted by atomic mass is 9.66. The van der Waals surface area contributed by atoms with Crippen molar-refractivity contribution in [2.45, 2.75) is 24.7 Å². The van der Waals surface area contributed by atoms with Crippen molar-refractivity contribution in [1.29, 1.82) is 0 Å². The van der Waals surface area contributed by atoms with Gasteiger partial charge in [-0.25, -0.2) is 15.0 Å². The van der Waals surface area contributed by atoms with E-state index < -0.39 is 5.41 Å². The predicted molar refractivity (Wildman–Crippen MR) is 237 cm³/mol. The molecule has 2 heterocycles. The molecule has 9 aromatic rings. The van der Waals surface area contributed by atoms with Crippen LogP contribution >= 0.6 is 0 Å². The zero-order chi connectivity index (χ0) is 39.3. The Hall–Kier alpha value is -7.43. The summed E-state index contributed by atoms with van der Waals surface area (Å²) in [6, 6.07) is 67.0. The molecule has 1 aliphatic heterocycles. The second kappa shape index (κ2) is 12.5. The third-order valence-electron chi connectivity index (χ3n) is 12.8. The first-order valence-electron chi connectivity index (χ1n) is 20.3. The van der Waals surface area contributed by atoms with Gasteiger partial charge in [-0.2, -0.15) is 0 Å². The number of ether oxygens (including phenoxy) is 1. The van der Waals surface area contributed by atoms with E-state index in [1.807, 2.05) is 18.2 Å². The summed E-state index contributed by atoms with van der Waals surface area (Å²) in [6.07, 6.45) is 0. The Bertz CT molecular complexity index is 3120. The third-order valence-corrected chi connectivity index (χ3v) is 12.8. The Morgan fingerprint density at radius 2 is 0.780 bits per heavy atom. The standard InChI is InChI=1S/C55H37N3O/c1-54(2)43-19-9-6-16-39(43)42-30-28-38(32-48(42)54)53-57-51(35-14-4-3-5-15-35)56-52(58-53)36-26-24-34(25-27-36)37-29-31-47-50(33-37)59-49-23-13-12-22-46(49)55(47)44-20-10-7-17-40(44)41-18-8-11-21-45(41)55/h3-33H,1-2H3. The largest absolute Gasteiger partial charge is 0.457 e. The molecule has 3 aliphatic rings. The average molecular weight is 756 g/mol. The van der Waals surface area contributed by atoms with Crippen molar-refractivity contribution in [2.75, 3.05) is 0 Å². The van der Waals surface area contributed by atoms with Crippen LogP contribution in [0.25, 0.3) is 67.5 Å². The van der Waals surface area contributed by atoms with E-state index in [1.165, 1.54) is 50.1 Å². The Morgan fingerprint density at radius 1 is 0.322 bits per heavy atom. The maximum absolute atomic E-state index is 6.79. The molecule has 0 atom stereocenters. The number of nitrogens with zero attached hydrogens (tertiary/aromatic N) is 3. The average Bonchev–Trinajstić information content (AvgIpc) is 3.72. The minimum absolute atomic E-state index is 0.131. The van der Waals surface area contributed by atoms with Crippen LogP contribution in [-0.4, -0.2) is 15.0 Å². The SMILES string of the molecule is CC1(C)c2ccccc2-c2ccc(-c3nc(-c4ccccc4)nc(-c4ccc(-c5ccc6c(c5)Oc5ccccc5C65c6ccccc6-c6ccccc65)cc4)n3)cc21. The fraction of sp³-hybridized carbons (Fsp3) is 0.0727. The summed E-state index contributed by atoms with van der Waals surface area (Å²) >= 11 is 0. The number of hydrogen-bond donors (Lipinski definition) is 0. The number of fused-ring (bicyclic) bond motifs is 12. The summed E-state index contributed by atoms with van der Waals surface area (Å²) in [7, 11) is 0. The molecule has 4 nitrogen and oxygen atoms in total. The lowest BCUT2D eigenvalue weighted by Crippen LogP contribution is -2.32. The molecule has 0 saturated carbocycles. The molecule has 0 amide bonds. The van der Waals surface area contributed by atoms with Crippen molar-refractivity contribution in [1.82, 2.24) is 15.0 Å². The second-order valence-electron chi connectivity index (χ2n) is 16.3. The van der Waals surface area contributed by atoms with Crippen LogP contribution in [0.15, 0.2) is 188 Å². The van der Waals surface area contributed by atoms with Gasteiger partial charge in [0, 0.05) is 33.2 Å². The van der Waals surface area contributed by atoms with Gasteiger partial charge in [-0.05, 0) is 73.8 Å². The molecule has 12 rings (SSSR count). The lowest BCUT2D eigenvalue weighted by Gasteiger charge is -2.39. The lowest BCUT2D eigenvalue weighted by molar-refractivity contribution is 0.436. The predicted octanol–water partition coefficient (Wildman–Crippen LogP) is 13.3. The molecule has 0 radical (unpaired) electrons. The molecule has 278 valence electrons. The smallest absolute Gasteiger partial charge is 0.164 e. The van der Waals surface area contributed by atoms with Gasteiger partial charge < -0.3 is 4.74 Å². The van der Waals surface area contributed by atoms with Gasteiger partial charge in [-0.3, -0.25) is 0 Å². The highest BCUT2D eigenvalue weighted by molar-refractivity contribution is 5.89. The first kappa shape index (κ1) is 33.7. The first-order chi connectivity index (χ1) is 29.0. The molecular formula is C55H37N3O. The highest BCUT2D eigenvalue weighted by Gasteiger charge is 2.51. The highest BCUT2D eigenvalue weighted by Crippen LogP contribution is 2.62. The number of benzene rings is 8. The van der Waals surface area contributed by atoms with Gasteiger partial charge in [0.05, 0.1) is 5.41 Å². The maximum Gasteiger partial charge on any atom is 0.164 e. The maximum atomic E-state index is 6.79. The van der Waals surface area contributed by atoms with E-state index in [4.69, 9.17) is 19.7 Å². The highest BCUT2D eigenvalue weighted by atomic mass is 16.5. The molecule has 1 aromatic heterocycles. The van der Waals surface area contributed by atoms with E-state index in [2.05, 4.69) is 184 Å². The molecule has 0 fully saturated rings. The summed E-state index contributed by atoms with van der Waals surface area (Å²) in [6.45, 7) is 4.60. The van der Waals surface area contributed by atoms with Crippen LogP contribution in [0.5, 0.6) is 11.5 Å². The molecule has 0 unspecified atom stereocenters. The number of aromatic nitrogens is 3. The zero-order valence-electron chi connectivity index (χ0n) is 32.6. The summed E-state index contributed by atoms with van der Waals surface area (Å²) in [4.78, 5) is 15.3. The molecule has 0 N–H and O–H groups in total. The summed E-state index contributed by atoms with van der Waals surface area (Å²) in [5.41, 5.74) is 17.0. The van der Waals surface area contributed by atoms with Crippen molar-refractivity contribution in [3.63, 3.8) is 0 Å². The van der Waals surface area contributed by atoms with Crippen LogP contribution in [0.1, 0.15) is 47.2 Å². The van der Waals surface area contributed by atoms with Gasteiger partial charge in [0.15, 0.2) is 17.5 Å². The molecule has 1 spiro atoms. The zero-order valence-corrected chi connectivity index (χ0v) is 32.6.